The van der Waals surface area contributed by atoms with Gasteiger partial charge in [-0.1, -0.05) is 19.9 Å². The summed E-state index contributed by atoms with van der Waals surface area (Å²) in [4.78, 5) is 63.7. The Balaban J connectivity index is 0.000000850. The van der Waals surface area contributed by atoms with Crippen molar-refractivity contribution >= 4 is 11.6 Å². The molecule has 0 unspecified atom stereocenters. The Kier molecular flexibility index (Phi) is 33.6. The fraction of sp³-hybridized carbons (Fsp3) is 0. The third-order valence-electron chi connectivity index (χ3n) is 6.11. The van der Waals surface area contributed by atoms with E-state index >= 15 is 0 Å². The average Bonchev–Trinajstić information content (AvgIpc) is 4.05. The Bertz CT molecular complexity index is 2490. The van der Waals surface area contributed by atoms with Crippen molar-refractivity contribution in [3.63, 3.8) is 0 Å². The molecule has 10 heterocycles. The SMILES string of the molecule is [Cu+2].[Cu+2].[O-][Cl+3]([O-])([O-])[O-].[O-][Cl+3]([O-])([O-])[O-].[O-][Cl+3]([O-])([O-])[O-].[O-][Cl+3]([O-])([O-])[O-].c1cnc(-c2ncccn2)nc1.c1cnc(-c2ncccn2)nc1.c1cnc(-c2ncccn2)nc1.c1cnc2nc[n-][n+]2c1.c1cnc2nc[n-][n+]2c1. The maximum Gasteiger partial charge on any atom is 2.00 e. The second kappa shape index (κ2) is 37.0. The number of halogens is 4. The molecule has 0 amide bonds. The van der Waals surface area contributed by atoms with Gasteiger partial charge in [0, 0.05) is 86.5 Å². The molecule has 0 saturated carbocycles. The van der Waals surface area contributed by atoms with Crippen LogP contribution in [0.3, 0.4) is 0 Å². The molecule has 0 fully saturated rings. The van der Waals surface area contributed by atoms with E-state index < -0.39 is 41.0 Å². The maximum atomic E-state index is 8.49. The predicted octanol–water partition coefficient (Wildman–Crippen LogP) is -17.9. The van der Waals surface area contributed by atoms with E-state index in [-0.39, 0.29) is 34.1 Å². The summed E-state index contributed by atoms with van der Waals surface area (Å²) in [6.45, 7) is 0. The van der Waals surface area contributed by atoms with E-state index in [1.807, 2.05) is 12.1 Å². The molecule has 36 nitrogen and oxygen atoms in total. The summed E-state index contributed by atoms with van der Waals surface area (Å²) in [6, 6.07) is 14.2. The first-order valence-electron chi connectivity index (χ1n) is 18.1. The van der Waals surface area contributed by atoms with Crippen molar-refractivity contribution in [3.05, 3.63) is 160 Å². The predicted molar refractivity (Wildman–Crippen MR) is 186 cm³/mol. The van der Waals surface area contributed by atoms with Crippen molar-refractivity contribution in [2.45, 2.75) is 0 Å². The van der Waals surface area contributed by atoms with Crippen LogP contribution in [0.25, 0.3) is 46.5 Å². The molecule has 2 radical (unpaired) electrons. The molecule has 0 aliphatic rings. The van der Waals surface area contributed by atoms with Gasteiger partial charge in [-0.15, -0.1) is 41.0 Å². The molecule has 10 aromatic rings. The molecular formula is C34H26Cl4Cu2N20O16. The summed E-state index contributed by atoms with van der Waals surface area (Å²) >= 11 is 0. The summed E-state index contributed by atoms with van der Waals surface area (Å²) < 4.78 is 139. The first-order valence-corrected chi connectivity index (χ1v) is 23.1. The Morgan fingerprint density at radius 2 is 0.408 bits per heavy atom. The largest absolute Gasteiger partial charge is 2.00 e. The third-order valence-corrected chi connectivity index (χ3v) is 6.11. The van der Waals surface area contributed by atoms with Gasteiger partial charge in [-0.2, -0.15) is 9.03 Å². The van der Waals surface area contributed by atoms with E-state index in [9.17, 15) is 0 Å². The van der Waals surface area contributed by atoms with E-state index in [0.29, 0.717) is 46.5 Å². The molecule has 0 spiro atoms. The van der Waals surface area contributed by atoms with E-state index in [1.54, 1.807) is 145 Å². The summed E-state index contributed by atoms with van der Waals surface area (Å²) in [5.74, 6) is 4.60. The van der Waals surface area contributed by atoms with E-state index in [1.165, 1.54) is 12.7 Å². The average molecular weight is 1240 g/mol. The maximum absolute atomic E-state index is 8.49. The van der Waals surface area contributed by atoms with Crippen LogP contribution in [0.15, 0.2) is 160 Å². The van der Waals surface area contributed by atoms with Gasteiger partial charge in [-0.25, -0.2) is 134 Å². The van der Waals surface area contributed by atoms with Crippen LogP contribution in [-0.2, 0) is 34.1 Å². The van der Waals surface area contributed by atoms with Crippen molar-refractivity contribution in [1.82, 2.24) is 89.9 Å². The molecule has 0 aromatic carbocycles. The van der Waals surface area contributed by atoms with Crippen molar-refractivity contribution < 1.29 is 159 Å². The minimum atomic E-state index is -4.94. The third kappa shape index (κ3) is 38.7. The van der Waals surface area contributed by atoms with Gasteiger partial charge in [0.15, 0.2) is 34.9 Å². The minimum absolute atomic E-state index is 0. The van der Waals surface area contributed by atoms with Crippen molar-refractivity contribution in [2.24, 2.45) is 0 Å². The Labute approximate surface area is 453 Å². The molecule has 0 N–H and O–H groups in total. The van der Waals surface area contributed by atoms with Crippen LogP contribution in [0.2, 0.25) is 0 Å². The molecule has 0 aliphatic carbocycles. The van der Waals surface area contributed by atoms with Crippen LogP contribution >= 0.6 is 0 Å². The van der Waals surface area contributed by atoms with Gasteiger partial charge in [0.05, 0.1) is 12.4 Å². The van der Waals surface area contributed by atoms with Crippen LogP contribution < -0.4 is 93.8 Å². The normalized spacial score (nSPS) is 10.2. The van der Waals surface area contributed by atoms with Crippen molar-refractivity contribution in [2.75, 3.05) is 0 Å². The van der Waals surface area contributed by atoms with E-state index in [2.05, 4.69) is 89.9 Å². The smallest absolute Gasteiger partial charge is 0.273 e. The number of aromatic nitrogens is 20. The van der Waals surface area contributed by atoms with E-state index in [0.717, 1.165) is 0 Å². The van der Waals surface area contributed by atoms with Crippen molar-refractivity contribution in [3.8, 4) is 34.9 Å². The van der Waals surface area contributed by atoms with Crippen LogP contribution in [0.1, 0.15) is 0 Å². The van der Waals surface area contributed by atoms with Gasteiger partial charge in [0.1, 0.15) is 25.0 Å². The fourth-order valence-corrected chi connectivity index (χ4v) is 3.83. The van der Waals surface area contributed by atoms with Gasteiger partial charge in [0.2, 0.25) is 0 Å². The number of hydrogen-bond donors (Lipinski definition) is 0. The molecule has 42 heteroatoms. The van der Waals surface area contributed by atoms with Crippen LogP contribution in [0, 0.1) is 41.0 Å². The molecule has 0 aliphatic heterocycles. The first kappa shape index (κ1) is 69.1. The topological polar surface area (TPSA) is 612 Å². The summed E-state index contributed by atoms with van der Waals surface area (Å²) in [5.41, 5.74) is 0. The molecule has 76 heavy (non-hydrogen) atoms. The molecule has 10 rings (SSSR count). The summed E-state index contributed by atoms with van der Waals surface area (Å²) in [6.07, 6.45) is 29.9. The summed E-state index contributed by atoms with van der Waals surface area (Å²) in [5, 5.41) is 7.72. The van der Waals surface area contributed by atoms with Crippen molar-refractivity contribution in [1.29, 1.82) is 0 Å². The monoisotopic (exact) mass is 1240 g/mol. The van der Waals surface area contributed by atoms with Gasteiger partial charge in [0.25, 0.3) is 0 Å². The zero-order valence-electron chi connectivity index (χ0n) is 36.6. The molecule has 0 atom stereocenters. The minimum Gasteiger partial charge on any atom is -0.273 e. The summed E-state index contributed by atoms with van der Waals surface area (Å²) in [7, 11) is -19.8. The molecule has 408 valence electrons. The van der Waals surface area contributed by atoms with Gasteiger partial charge < -0.3 is 0 Å². The first-order chi connectivity index (χ1) is 34.8. The number of nitrogens with zero attached hydrogens (tertiary/aromatic N) is 20. The standard InChI is InChI=1S/3C8H6N4.2C5H4N4.4ClHO4.2Cu/c3*1-3-9-7(10-4-1)8-11-5-2-6-12-8;2*1-2-6-5-7-4-8-9(5)3-1;4*2-1(3,4)5;;/h3*1-6H;2*1-4H;4*(H,2,3,4,5);;/q;;;;;;;;;2*+2/p-4. The van der Waals surface area contributed by atoms with Crippen LogP contribution in [-0.4, -0.2) is 79.7 Å². The molecule has 0 saturated heterocycles. The Morgan fingerprint density at radius 3 is 0.566 bits per heavy atom. The van der Waals surface area contributed by atoms with Crippen LogP contribution in [0.5, 0.6) is 0 Å². The second-order valence-corrected chi connectivity index (χ2v) is 14.2. The van der Waals surface area contributed by atoms with E-state index in [4.69, 9.17) is 74.5 Å². The Hall–Kier alpha value is -6.86. The number of rotatable bonds is 3. The second-order valence-electron chi connectivity index (χ2n) is 11.2. The Morgan fingerprint density at radius 1 is 0.250 bits per heavy atom. The quantitative estimate of drug-likeness (QED) is 0.117. The van der Waals surface area contributed by atoms with Gasteiger partial charge >= 0.3 is 45.7 Å². The zero-order valence-corrected chi connectivity index (χ0v) is 41.5. The zero-order chi connectivity index (χ0) is 54.9. The fourth-order valence-electron chi connectivity index (χ4n) is 3.83. The van der Waals surface area contributed by atoms with Gasteiger partial charge in [-0.3, -0.25) is 10.2 Å². The van der Waals surface area contributed by atoms with Gasteiger partial charge in [-0.05, 0) is 36.4 Å². The number of hydrogen-bond acceptors (Lipinski definition) is 32. The molecular weight excluding hydrogens is 1210 g/mol. The van der Waals surface area contributed by atoms with Crippen LogP contribution in [0.4, 0.5) is 0 Å². The molecule has 10 aromatic heterocycles. The molecule has 0 bridgehead atoms. The number of fused-ring (bicyclic) bond motifs is 2.